The van der Waals surface area contributed by atoms with Crippen molar-refractivity contribution >= 4 is 11.3 Å². The van der Waals surface area contributed by atoms with Gasteiger partial charge in [-0.25, -0.2) is 0 Å². The van der Waals surface area contributed by atoms with Crippen LogP contribution in [-0.4, -0.2) is 16.7 Å². The smallest absolute Gasteiger partial charge is 0.248 e. The Bertz CT molecular complexity index is 720. The van der Waals surface area contributed by atoms with Gasteiger partial charge in [0.25, 0.3) is 0 Å². The predicted molar refractivity (Wildman–Crippen MR) is 77.6 cm³/mol. The summed E-state index contributed by atoms with van der Waals surface area (Å²) in [4.78, 5) is 5.96. The summed E-state index contributed by atoms with van der Waals surface area (Å²) in [6.45, 7) is 0.946. The lowest BCUT2D eigenvalue weighted by molar-refractivity contribution is 0.344. The lowest BCUT2D eigenvalue weighted by atomic mass is 10.0. The molecule has 100 valence electrons. The second-order valence-electron chi connectivity index (χ2n) is 4.76. The molecule has 1 atom stereocenters. The first kappa shape index (κ1) is 11.8. The maximum absolute atomic E-state index is 5.47. The molecule has 1 N–H and O–H groups in total. The van der Waals surface area contributed by atoms with Crippen LogP contribution in [-0.2, 0) is 6.42 Å². The van der Waals surface area contributed by atoms with E-state index in [0.29, 0.717) is 11.7 Å². The van der Waals surface area contributed by atoms with Crippen molar-refractivity contribution in [2.75, 3.05) is 6.54 Å². The molecule has 0 fully saturated rings. The zero-order valence-electron chi connectivity index (χ0n) is 10.7. The van der Waals surface area contributed by atoms with Gasteiger partial charge in [-0.05, 0) is 23.4 Å². The van der Waals surface area contributed by atoms with Gasteiger partial charge < -0.3 is 9.84 Å². The van der Waals surface area contributed by atoms with Crippen LogP contribution >= 0.6 is 11.3 Å². The maximum Gasteiger partial charge on any atom is 0.248 e. The van der Waals surface area contributed by atoms with E-state index in [-0.39, 0.29) is 6.04 Å². The monoisotopic (exact) mass is 283 g/mol. The van der Waals surface area contributed by atoms with Crippen molar-refractivity contribution in [2.24, 2.45) is 0 Å². The first-order chi connectivity index (χ1) is 9.92. The number of fused-ring (bicyclic) bond motifs is 1. The SMILES string of the molecule is c1ccc(-c2noc(C3NCCc4sccc43)n2)cc1. The number of nitrogens with zero attached hydrogens (tertiary/aromatic N) is 2. The van der Waals surface area contributed by atoms with E-state index >= 15 is 0 Å². The van der Waals surface area contributed by atoms with Crippen LogP contribution in [0.15, 0.2) is 46.3 Å². The fraction of sp³-hybridized carbons (Fsp3) is 0.200. The Morgan fingerprint density at radius 3 is 3.00 bits per heavy atom. The summed E-state index contributed by atoms with van der Waals surface area (Å²) in [6, 6.07) is 12.1. The van der Waals surface area contributed by atoms with E-state index in [2.05, 4.69) is 26.9 Å². The standard InChI is InChI=1S/C15H13N3OS/c1-2-4-10(5-3-1)14-17-15(19-18-14)13-11-7-9-20-12(11)6-8-16-13/h1-5,7,9,13,16H,6,8H2. The molecular formula is C15H13N3OS. The number of thiophene rings is 1. The van der Waals surface area contributed by atoms with Crippen LogP contribution in [0.5, 0.6) is 0 Å². The summed E-state index contributed by atoms with van der Waals surface area (Å²) in [5.74, 6) is 1.29. The number of hydrogen-bond donors (Lipinski definition) is 1. The van der Waals surface area contributed by atoms with Crippen molar-refractivity contribution in [2.45, 2.75) is 12.5 Å². The Balaban J connectivity index is 1.70. The molecular weight excluding hydrogens is 270 g/mol. The molecule has 0 spiro atoms. The van der Waals surface area contributed by atoms with Crippen LogP contribution in [0.4, 0.5) is 0 Å². The summed E-state index contributed by atoms with van der Waals surface area (Å²) in [7, 11) is 0. The fourth-order valence-electron chi connectivity index (χ4n) is 2.53. The molecule has 0 radical (unpaired) electrons. The molecule has 1 unspecified atom stereocenters. The van der Waals surface area contributed by atoms with Crippen molar-refractivity contribution in [1.29, 1.82) is 0 Å². The second-order valence-corrected chi connectivity index (χ2v) is 5.76. The molecule has 4 rings (SSSR count). The first-order valence-electron chi connectivity index (χ1n) is 6.60. The fourth-order valence-corrected chi connectivity index (χ4v) is 3.45. The van der Waals surface area contributed by atoms with Gasteiger partial charge in [0.1, 0.15) is 6.04 Å². The predicted octanol–water partition coefficient (Wildman–Crippen LogP) is 3.03. The highest BCUT2D eigenvalue weighted by Crippen LogP contribution is 2.31. The quantitative estimate of drug-likeness (QED) is 0.785. The van der Waals surface area contributed by atoms with Gasteiger partial charge in [-0.3, -0.25) is 0 Å². The topological polar surface area (TPSA) is 51.0 Å². The van der Waals surface area contributed by atoms with Crippen molar-refractivity contribution in [3.8, 4) is 11.4 Å². The average Bonchev–Trinajstić information content (AvgIpc) is 3.17. The van der Waals surface area contributed by atoms with Gasteiger partial charge in [0, 0.05) is 17.0 Å². The zero-order valence-corrected chi connectivity index (χ0v) is 11.6. The van der Waals surface area contributed by atoms with Gasteiger partial charge in [0.05, 0.1) is 0 Å². The minimum atomic E-state index is 0.0231. The van der Waals surface area contributed by atoms with E-state index in [4.69, 9.17) is 4.52 Å². The average molecular weight is 283 g/mol. The van der Waals surface area contributed by atoms with Crippen LogP contribution in [0.1, 0.15) is 22.4 Å². The highest BCUT2D eigenvalue weighted by atomic mass is 32.1. The molecule has 0 bridgehead atoms. The molecule has 1 aliphatic rings. The summed E-state index contributed by atoms with van der Waals surface area (Å²) in [5.41, 5.74) is 2.24. The minimum Gasteiger partial charge on any atom is -0.337 e. The number of rotatable bonds is 2. The van der Waals surface area contributed by atoms with Crippen LogP contribution in [0.25, 0.3) is 11.4 Å². The van der Waals surface area contributed by atoms with E-state index in [1.54, 1.807) is 11.3 Å². The third kappa shape index (κ3) is 1.95. The van der Waals surface area contributed by atoms with Crippen molar-refractivity contribution in [3.05, 3.63) is 58.1 Å². The number of aromatic nitrogens is 2. The van der Waals surface area contributed by atoms with Crippen molar-refractivity contribution in [1.82, 2.24) is 15.5 Å². The van der Waals surface area contributed by atoms with E-state index < -0.39 is 0 Å². The lowest BCUT2D eigenvalue weighted by Crippen LogP contribution is -2.29. The summed E-state index contributed by atoms with van der Waals surface area (Å²) >= 11 is 1.80. The van der Waals surface area contributed by atoms with E-state index in [9.17, 15) is 0 Å². The Labute approximate surface area is 120 Å². The highest BCUT2D eigenvalue weighted by Gasteiger charge is 2.27. The van der Waals surface area contributed by atoms with Crippen LogP contribution in [0, 0.1) is 0 Å². The molecule has 1 aliphatic heterocycles. The highest BCUT2D eigenvalue weighted by molar-refractivity contribution is 7.10. The molecule has 0 saturated carbocycles. The Morgan fingerprint density at radius 1 is 1.20 bits per heavy atom. The van der Waals surface area contributed by atoms with Gasteiger partial charge in [0.15, 0.2) is 0 Å². The van der Waals surface area contributed by atoms with Crippen molar-refractivity contribution < 1.29 is 4.52 Å². The molecule has 20 heavy (non-hydrogen) atoms. The number of benzene rings is 1. The van der Waals surface area contributed by atoms with Gasteiger partial charge in [-0.1, -0.05) is 35.5 Å². The van der Waals surface area contributed by atoms with Gasteiger partial charge in [-0.15, -0.1) is 11.3 Å². The third-order valence-corrected chi connectivity index (χ3v) is 4.51. The van der Waals surface area contributed by atoms with Crippen LogP contribution in [0.2, 0.25) is 0 Å². The largest absolute Gasteiger partial charge is 0.337 e. The first-order valence-corrected chi connectivity index (χ1v) is 7.48. The maximum atomic E-state index is 5.47. The Kier molecular flexibility index (Phi) is 2.86. The molecule has 2 aromatic heterocycles. The normalized spacial score (nSPS) is 17.9. The molecule has 3 aromatic rings. The summed E-state index contributed by atoms with van der Waals surface area (Å²) in [6.07, 6.45) is 1.07. The molecule has 1 aromatic carbocycles. The van der Waals surface area contributed by atoms with E-state index in [1.807, 2.05) is 30.3 Å². The Morgan fingerprint density at radius 2 is 2.10 bits per heavy atom. The third-order valence-electron chi connectivity index (χ3n) is 3.51. The molecule has 0 amide bonds. The lowest BCUT2D eigenvalue weighted by Gasteiger charge is -2.20. The van der Waals surface area contributed by atoms with Crippen LogP contribution < -0.4 is 5.32 Å². The molecule has 4 nitrogen and oxygen atoms in total. The summed E-state index contributed by atoms with van der Waals surface area (Å²) in [5, 5.41) is 9.67. The van der Waals surface area contributed by atoms with Crippen LogP contribution in [0.3, 0.4) is 0 Å². The van der Waals surface area contributed by atoms with Crippen molar-refractivity contribution in [3.63, 3.8) is 0 Å². The van der Waals surface area contributed by atoms with Gasteiger partial charge >= 0.3 is 0 Å². The second kappa shape index (κ2) is 4.85. The van der Waals surface area contributed by atoms with E-state index in [0.717, 1.165) is 18.5 Å². The molecule has 3 heterocycles. The number of hydrogen-bond acceptors (Lipinski definition) is 5. The van der Waals surface area contributed by atoms with Gasteiger partial charge in [0.2, 0.25) is 11.7 Å². The molecule has 0 saturated heterocycles. The number of nitrogens with one attached hydrogen (secondary N) is 1. The summed E-state index contributed by atoms with van der Waals surface area (Å²) < 4.78 is 5.47. The molecule has 5 heteroatoms. The Hall–Kier alpha value is -1.98. The molecule has 0 aliphatic carbocycles. The van der Waals surface area contributed by atoms with E-state index in [1.165, 1.54) is 10.4 Å². The zero-order chi connectivity index (χ0) is 13.4. The van der Waals surface area contributed by atoms with Gasteiger partial charge in [-0.2, -0.15) is 4.98 Å². The minimum absolute atomic E-state index is 0.0231.